The number of ether oxygens (including phenoxy) is 1. The number of aromatic carboxylic acids is 1. The molecule has 1 heterocycles. The Hall–Kier alpha value is -2.16. The molecule has 0 atom stereocenters. The van der Waals surface area contributed by atoms with Gasteiger partial charge in [0, 0.05) is 11.5 Å². The average Bonchev–Trinajstić information content (AvgIpc) is 2.78. The van der Waals surface area contributed by atoms with Crippen molar-refractivity contribution in [2.45, 2.75) is 6.18 Å². The summed E-state index contributed by atoms with van der Waals surface area (Å²) in [5.74, 6) is -2.20. The van der Waals surface area contributed by atoms with Crippen LogP contribution in [0.1, 0.15) is 16.2 Å². The van der Waals surface area contributed by atoms with Crippen LogP contribution in [0.3, 0.4) is 0 Å². The predicted octanol–water partition coefficient (Wildman–Crippen LogP) is 3.05. The van der Waals surface area contributed by atoms with Gasteiger partial charge in [0.05, 0.1) is 5.56 Å². The third-order valence-corrected chi connectivity index (χ3v) is 2.56. The van der Waals surface area contributed by atoms with Crippen LogP contribution >= 0.6 is 11.5 Å². The number of nitrogens with zero attached hydrogens (tertiary/aromatic N) is 2. The molecule has 0 amide bonds. The zero-order valence-electron chi connectivity index (χ0n) is 9.01. The van der Waals surface area contributed by atoms with Crippen molar-refractivity contribution >= 4 is 17.5 Å². The Kier molecular flexibility index (Phi) is 3.38. The number of benzene rings is 1. The van der Waals surface area contributed by atoms with E-state index >= 15 is 0 Å². The molecule has 0 aliphatic heterocycles. The molecule has 5 nitrogen and oxygen atoms in total. The van der Waals surface area contributed by atoms with Crippen LogP contribution < -0.4 is 4.74 Å². The Balaban J connectivity index is 2.13. The van der Waals surface area contributed by atoms with Crippen LogP contribution in [0.5, 0.6) is 10.9 Å². The second-order valence-electron chi connectivity index (χ2n) is 3.31. The van der Waals surface area contributed by atoms with Crippen LogP contribution in [0.4, 0.5) is 13.2 Å². The van der Waals surface area contributed by atoms with E-state index in [0.29, 0.717) is 11.5 Å². The van der Waals surface area contributed by atoms with Gasteiger partial charge in [0.1, 0.15) is 5.75 Å². The minimum atomic E-state index is -4.62. The maximum atomic E-state index is 12.2. The topological polar surface area (TPSA) is 72.3 Å². The van der Waals surface area contributed by atoms with Crippen molar-refractivity contribution in [2.24, 2.45) is 0 Å². The zero-order valence-corrected chi connectivity index (χ0v) is 9.83. The lowest BCUT2D eigenvalue weighted by Gasteiger charge is -2.01. The van der Waals surface area contributed by atoms with Crippen LogP contribution in [0, 0.1) is 0 Å². The molecule has 0 bridgehead atoms. The Morgan fingerprint density at radius 2 is 1.89 bits per heavy atom. The van der Waals surface area contributed by atoms with Gasteiger partial charge in [0.15, 0.2) is 0 Å². The lowest BCUT2D eigenvalue weighted by Crippen LogP contribution is -2.06. The summed E-state index contributed by atoms with van der Waals surface area (Å²) in [5, 5.41) is 8.40. The third kappa shape index (κ3) is 3.19. The maximum absolute atomic E-state index is 12.2. The highest BCUT2D eigenvalue weighted by atomic mass is 32.1. The summed E-state index contributed by atoms with van der Waals surface area (Å²) < 4.78 is 44.9. The van der Waals surface area contributed by atoms with Gasteiger partial charge in [0.2, 0.25) is 0 Å². The number of hydrogen-bond acceptors (Lipinski definition) is 5. The molecular formula is C10H5F3N2O3S. The Morgan fingerprint density at radius 1 is 1.26 bits per heavy atom. The van der Waals surface area contributed by atoms with Crippen LogP contribution in [-0.2, 0) is 6.18 Å². The fourth-order valence-corrected chi connectivity index (χ4v) is 1.70. The summed E-state index contributed by atoms with van der Waals surface area (Å²) in [6.07, 6.45) is -4.62. The lowest BCUT2D eigenvalue weighted by molar-refractivity contribution is -0.144. The fourth-order valence-electron chi connectivity index (χ4n) is 1.13. The van der Waals surface area contributed by atoms with E-state index in [1.54, 1.807) is 0 Å². The number of alkyl halides is 3. The Labute approximate surface area is 108 Å². The zero-order chi connectivity index (χ0) is 14.0. The monoisotopic (exact) mass is 290 g/mol. The van der Waals surface area contributed by atoms with Crippen molar-refractivity contribution in [1.29, 1.82) is 0 Å². The highest BCUT2D eigenvalue weighted by molar-refractivity contribution is 7.07. The molecule has 19 heavy (non-hydrogen) atoms. The largest absolute Gasteiger partial charge is 0.478 e. The standard InChI is InChI=1S/C10H5F3N2O3S/c11-10(12,13)8-14-9(19-15-8)18-6-3-1-5(2-4-6)7(16)17/h1-4H,(H,16,17). The SMILES string of the molecule is O=C(O)c1ccc(Oc2nc(C(F)(F)F)ns2)cc1. The smallest absolute Gasteiger partial charge is 0.452 e. The van der Waals surface area contributed by atoms with Gasteiger partial charge in [-0.1, -0.05) is 0 Å². The minimum Gasteiger partial charge on any atom is -0.478 e. The maximum Gasteiger partial charge on any atom is 0.452 e. The summed E-state index contributed by atoms with van der Waals surface area (Å²) in [4.78, 5) is 13.8. The van der Waals surface area contributed by atoms with Crippen molar-refractivity contribution in [3.63, 3.8) is 0 Å². The van der Waals surface area contributed by atoms with Crippen LogP contribution in [0.2, 0.25) is 0 Å². The van der Waals surface area contributed by atoms with Gasteiger partial charge >= 0.3 is 12.1 Å². The van der Waals surface area contributed by atoms with Crippen molar-refractivity contribution in [3.05, 3.63) is 35.7 Å². The van der Waals surface area contributed by atoms with E-state index in [4.69, 9.17) is 9.84 Å². The molecule has 1 aromatic heterocycles. The molecule has 0 saturated carbocycles. The van der Waals surface area contributed by atoms with E-state index in [1.807, 2.05) is 0 Å². The van der Waals surface area contributed by atoms with Gasteiger partial charge in [-0.15, -0.1) is 0 Å². The molecule has 9 heteroatoms. The first-order valence-electron chi connectivity index (χ1n) is 4.78. The second-order valence-corrected chi connectivity index (χ2v) is 4.03. The molecule has 100 valence electrons. The summed E-state index contributed by atoms with van der Waals surface area (Å²) >= 11 is 0.462. The minimum absolute atomic E-state index is 0.0422. The fraction of sp³-hybridized carbons (Fsp3) is 0.100. The van der Waals surface area contributed by atoms with Gasteiger partial charge in [-0.3, -0.25) is 0 Å². The van der Waals surface area contributed by atoms with Gasteiger partial charge in [-0.2, -0.15) is 22.5 Å². The number of aromatic nitrogens is 2. The normalized spacial score (nSPS) is 11.3. The molecule has 0 aliphatic rings. The Bertz CT molecular complexity index is 595. The molecule has 0 unspecified atom stereocenters. The molecule has 0 saturated heterocycles. The summed E-state index contributed by atoms with van der Waals surface area (Å²) in [6.45, 7) is 0. The molecule has 1 aromatic carbocycles. The average molecular weight is 290 g/mol. The van der Waals surface area contributed by atoms with Crippen LogP contribution in [0.25, 0.3) is 0 Å². The molecule has 1 N–H and O–H groups in total. The first-order valence-corrected chi connectivity index (χ1v) is 5.56. The quantitative estimate of drug-likeness (QED) is 0.940. The third-order valence-electron chi connectivity index (χ3n) is 1.97. The molecule has 2 rings (SSSR count). The van der Waals surface area contributed by atoms with E-state index in [0.717, 1.165) is 0 Å². The molecule has 0 radical (unpaired) electrons. The van der Waals surface area contributed by atoms with Crippen molar-refractivity contribution < 1.29 is 27.8 Å². The number of halogens is 3. The molecule has 0 spiro atoms. The van der Waals surface area contributed by atoms with Crippen molar-refractivity contribution in [1.82, 2.24) is 9.36 Å². The van der Waals surface area contributed by atoms with Crippen LogP contribution in [-0.4, -0.2) is 20.4 Å². The van der Waals surface area contributed by atoms with Gasteiger partial charge < -0.3 is 9.84 Å². The summed E-state index contributed by atoms with van der Waals surface area (Å²) in [5.41, 5.74) is 0.0422. The van der Waals surface area contributed by atoms with Crippen molar-refractivity contribution in [2.75, 3.05) is 0 Å². The summed E-state index contributed by atoms with van der Waals surface area (Å²) in [6, 6.07) is 5.17. The van der Waals surface area contributed by atoms with E-state index < -0.39 is 18.0 Å². The second kappa shape index (κ2) is 4.84. The highest BCUT2D eigenvalue weighted by Crippen LogP contribution is 2.31. The van der Waals surface area contributed by atoms with Gasteiger partial charge in [-0.05, 0) is 24.3 Å². The van der Waals surface area contributed by atoms with E-state index in [9.17, 15) is 18.0 Å². The van der Waals surface area contributed by atoms with E-state index in [-0.39, 0.29) is 16.5 Å². The van der Waals surface area contributed by atoms with E-state index in [1.165, 1.54) is 24.3 Å². The lowest BCUT2D eigenvalue weighted by atomic mass is 10.2. The molecular weight excluding hydrogens is 285 g/mol. The number of carbonyl (C=O) groups is 1. The first-order chi connectivity index (χ1) is 8.86. The predicted molar refractivity (Wildman–Crippen MR) is 58.4 cm³/mol. The number of rotatable bonds is 3. The number of hydrogen-bond donors (Lipinski definition) is 1. The van der Waals surface area contributed by atoms with Crippen LogP contribution in [0.15, 0.2) is 24.3 Å². The van der Waals surface area contributed by atoms with E-state index in [2.05, 4.69) is 9.36 Å². The summed E-state index contributed by atoms with van der Waals surface area (Å²) in [7, 11) is 0. The first kappa shape index (κ1) is 13.3. The molecule has 0 fully saturated rings. The van der Waals surface area contributed by atoms with Gasteiger partial charge in [-0.25, -0.2) is 4.79 Å². The Morgan fingerprint density at radius 3 is 2.37 bits per heavy atom. The number of carboxylic acid groups (broad SMARTS) is 1. The van der Waals surface area contributed by atoms with Gasteiger partial charge in [0.25, 0.3) is 11.0 Å². The number of carboxylic acids is 1. The highest BCUT2D eigenvalue weighted by Gasteiger charge is 2.36. The molecule has 2 aromatic rings. The molecule has 0 aliphatic carbocycles. The van der Waals surface area contributed by atoms with Crippen molar-refractivity contribution in [3.8, 4) is 10.9 Å².